The predicted octanol–water partition coefficient (Wildman–Crippen LogP) is 13.8. The second-order valence-corrected chi connectivity index (χ2v) is 24.4. The van der Waals surface area contributed by atoms with E-state index in [0.717, 1.165) is 41.5 Å². The lowest BCUT2D eigenvalue weighted by atomic mass is 9.65. The van der Waals surface area contributed by atoms with Crippen molar-refractivity contribution >= 4 is 29.5 Å². The first-order valence-corrected chi connectivity index (χ1v) is 29.9. The van der Waals surface area contributed by atoms with Gasteiger partial charge in [0.2, 0.25) is 0 Å². The van der Waals surface area contributed by atoms with Crippen LogP contribution in [0.25, 0.3) is 12.2 Å². The van der Waals surface area contributed by atoms with Gasteiger partial charge in [-0.15, -0.1) is 0 Å². The SMILES string of the molecule is CC(C)=CCc1c(O)ccc(C(=O)C2C(c3c(O)ccc(C4CC(=O)c5c(O)cc(OOc6ccc(C7CC(C)=CC(c8cc(C=Cc9cc(O)cc(O)c9)c(O)cc8O)C7C(=O)c7ccc(O)cc7O)c(O)c6)cc5O4)c3O)C=C(C)CC2c2cc(O)cc(O)c2)c1O. The molecule has 7 unspecified atom stereocenters. The fraction of sp³-hybridized carbons (Fsp3) is 0.203. The molecule has 1 heterocycles. The van der Waals surface area contributed by atoms with E-state index in [4.69, 9.17) is 14.5 Å². The summed E-state index contributed by atoms with van der Waals surface area (Å²) in [4.78, 5) is 55.6. The first-order chi connectivity index (χ1) is 44.7. The molecule has 7 atom stereocenters. The molecule has 482 valence electrons. The molecule has 14 N–H and O–H groups in total. The van der Waals surface area contributed by atoms with Crippen molar-refractivity contribution in [3.8, 4) is 97.7 Å². The molecule has 94 heavy (non-hydrogen) atoms. The summed E-state index contributed by atoms with van der Waals surface area (Å²) >= 11 is 0. The summed E-state index contributed by atoms with van der Waals surface area (Å²) in [7, 11) is 0. The topological polar surface area (TPSA) is 362 Å². The van der Waals surface area contributed by atoms with Crippen LogP contribution in [0.1, 0.15) is 152 Å². The van der Waals surface area contributed by atoms with Crippen LogP contribution in [-0.2, 0) is 6.42 Å². The highest BCUT2D eigenvalue weighted by Gasteiger charge is 2.46. The third kappa shape index (κ3) is 12.7. The lowest BCUT2D eigenvalue weighted by Crippen LogP contribution is -2.32. The normalized spacial score (nSPS) is 19.3. The molecule has 20 heteroatoms. The Morgan fingerprint density at radius 2 is 1.10 bits per heavy atom. The van der Waals surface area contributed by atoms with E-state index in [-0.39, 0.29) is 133 Å². The van der Waals surface area contributed by atoms with Crippen molar-refractivity contribution in [1.82, 2.24) is 0 Å². The van der Waals surface area contributed by atoms with E-state index in [9.17, 15) is 81.1 Å². The summed E-state index contributed by atoms with van der Waals surface area (Å²) in [5.74, 6) is -14.2. The van der Waals surface area contributed by atoms with Crippen molar-refractivity contribution < 1.29 is 100 Å². The third-order valence-corrected chi connectivity index (χ3v) is 17.5. The van der Waals surface area contributed by atoms with Crippen molar-refractivity contribution in [2.24, 2.45) is 11.8 Å². The molecule has 0 bridgehead atoms. The number of carbonyl (C=O) groups is 3. The molecule has 20 nitrogen and oxygen atoms in total. The minimum Gasteiger partial charge on any atom is -0.508 e. The van der Waals surface area contributed by atoms with Crippen LogP contribution in [0.15, 0.2) is 156 Å². The quantitative estimate of drug-likeness (QED) is 0.0140. The number of ether oxygens (including phenoxy) is 1. The Kier molecular flexibility index (Phi) is 17.4. The van der Waals surface area contributed by atoms with E-state index in [1.807, 2.05) is 13.8 Å². The van der Waals surface area contributed by atoms with Crippen molar-refractivity contribution in [2.45, 2.75) is 83.2 Å². The molecule has 11 rings (SSSR count). The van der Waals surface area contributed by atoms with Gasteiger partial charge in [0.05, 0.1) is 17.5 Å². The zero-order valence-corrected chi connectivity index (χ0v) is 51.0. The van der Waals surface area contributed by atoms with E-state index < -0.39 is 99.9 Å². The zero-order valence-electron chi connectivity index (χ0n) is 51.0. The Bertz CT molecular complexity index is 4490. The maximum absolute atomic E-state index is 15.3. The van der Waals surface area contributed by atoms with Crippen molar-refractivity contribution in [2.75, 3.05) is 0 Å². The van der Waals surface area contributed by atoms with Gasteiger partial charge in [-0.05, 0) is 142 Å². The third-order valence-electron chi connectivity index (χ3n) is 17.5. The van der Waals surface area contributed by atoms with Crippen LogP contribution in [0, 0.1) is 11.8 Å². The van der Waals surface area contributed by atoms with Gasteiger partial charge in [0.25, 0.3) is 0 Å². The average Bonchev–Trinajstić information content (AvgIpc) is 0.757. The summed E-state index contributed by atoms with van der Waals surface area (Å²) in [6, 6.07) is 25.4. The Morgan fingerprint density at radius 3 is 1.78 bits per heavy atom. The fourth-order valence-corrected chi connectivity index (χ4v) is 13.3. The minimum absolute atomic E-state index is 0.0141. The van der Waals surface area contributed by atoms with E-state index in [0.29, 0.717) is 16.7 Å². The number of phenolic OH excluding ortho intramolecular Hbond substituents is 14. The van der Waals surface area contributed by atoms with Crippen LogP contribution >= 0.6 is 0 Å². The number of carbonyl (C=O) groups excluding carboxylic acids is 3. The number of aromatic hydroxyl groups is 14. The van der Waals surface area contributed by atoms with Gasteiger partial charge < -0.3 is 76.2 Å². The number of Topliss-reactive ketones (excluding diaryl/α,β-unsaturated/α-hetero) is 3. The molecule has 0 saturated carbocycles. The number of fused-ring (bicyclic) bond motifs is 1. The largest absolute Gasteiger partial charge is 0.508 e. The molecule has 0 saturated heterocycles. The lowest BCUT2D eigenvalue weighted by molar-refractivity contribution is -0.100. The number of hydrogen-bond acceptors (Lipinski definition) is 20. The van der Waals surface area contributed by atoms with Gasteiger partial charge in [-0.3, -0.25) is 24.2 Å². The van der Waals surface area contributed by atoms with E-state index in [1.54, 1.807) is 32.1 Å². The summed E-state index contributed by atoms with van der Waals surface area (Å²) < 4.78 is 6.36. The van der Waals surface area contributed by atoms with Crippen LogP contribution in [0.3, 0.4) is 0 Å². The van der Waals surface area contributed by atoms with Crippen molar-refractivity contribution in [3.05, 3.63) is 217 Å². The maximum atomic E-state index is 15.3. The first-order valence-electron chi connectivity index (χ1n) is 29.9. The van der Waals surface area contributed by atoms with Gasteiger partial charge in [-0.25, -0.2) is 0 Å². The number of allylic oxidation sites excluding steroid dienone is 6. The number of benzene rings is 8. The summed E-state index contributed by atoms with van der Waals surface area (Å²) in [5.41, 5.74) is 2.89. The Labute approximate surface area is 537 Å². The molecule has 0 radical (unpaired) electrons. The van der Waals surface area contributed by atoms with E-state index >= 15 is 4.79 Å². The van der Waals surface area contributed by atoms with Gasteiger partial charge in [-0.1, -0.05) is 53.2 Å². The van der Waals surface area contributed by atoms with Gasteiger partial charge in [0.1, 0.15) is 97.9 Å². The highest BCUT2D eigenvalue weighted by Crippen LogP contribution is 2.56. The van der Waals surface area contributed by atoms with Crippen molar-refractivity contribution in [3.63, 3.8) is 0 Å². The molecule has 2 aliphatic carbocycles. The van der Waals surface area contributed by atoms with E-state index in [1.165, 1.54) is 103 Å². The van der Waals surface area contributed by atoms with Gasteiger partial charge in [-0.2, -0.15) is 0 Å². The smallest absolute Gasteiger partial charge is 0.186 e. The first kappa shape index (κ1) is 63.9. The molecule has 0 fully saturated rings. The monoisotopic (exact) mass is 1270 g/mol. The Balaban J connectivity index is 0.884. The van der Waals surface area contributed by atoms with Crippen molar-refractivity contribution in [1.29, 1.82) is 0 Å². The van der Waals surface area contributed by atoms with Crippen LogP contribution in [-0.4, -0.2) is 88.8 Å². The predicted molar refractivity (Wildman–Crippen MR) is 344 cm³/mol. The summed E-state index contributed by atoms with van der Waals surface area (Å²) in [5, 5.41) is 155. The van der Waals surface area contributed by atoms with E-state index in [2.05, 4.69) is 0 Å². The molecule has 3 aliphatic rings. The van der Waals surface area contributed by atoms with Crippen LogP contribution in [0.4, 0.5) is 0 Å². The zero-order chi connectivity index (χ0) is 67.3. The van der Waals surface area contributed by atoms with Gasteiger partial charge >= 0.3 is 0 Å². The molecule has 8 aromatic carbocycles. The molecular formula is C74H66O20. The van der Waals surface area contributed by atoms with Crippen LogP contribution < -0.4 is 14.5 Å². The molecular weight excluding hydrogens is 1210 g/mol. The maximum Gasteiger partial charge on any atom is 0.186 e. The molecule has 8 aromatic rings. The summed E-state index contributed by atoms with van der Waals surface area (Å²) in [6.45, 7) is 7.22. The molecule has 0 amide bonds. The number of hydrogen-bond donors (Lipinski definition) is 14. The number of phenols is 14. The highest BCUT2D eigenvalue weighted by atomic mass is 17.2. The second-order valence-electron chi connectivity index (χ2n) is 24.4. The Hall–Kier alpha value is -11.7. The minimum atomic E-state index is -1.30. The second kappa shape index (κ2) is 25.5. The molecule has 0 spiro atoms. The van der Waals surface area contributed by atoms with Crippen LogP contribution in [0.5, 0.6) is 97.7 Å². The lowest BCUT2D eigenvalue weighted by Gasteiger charge is -2.37. The highest BCUT2D eigenvalue weighted by molar-refractivity contribution is 6.04. The van der Waals surface area contributed by atoms with Crippen LogP contribution in [0.2, 0.25) is 0 Å². The fourth-order valence-electron chi connectivity index (χ4n) is 13.3. The standard InChI is InChI=1S/C74H66O20/c1-34(2)5-10-48-57(80)15-14-51(71(48)88)74(91)67-52(39-23-43(78)27-44(79)24-39)17-35(3)20-56(67)69-58(81)16-13-50(73(69)90)65-33-64(87)70-63(86)30-46(31-66(70)92-65)94-93-45-9-12-47(61(84)29-45)54-18-36(4)19-55(68(54)72(89)49-11-8-40(75)28-60(49)83)53-25-38(59(82)32-62(53)85)7-6-37-21-41(76)26-42(77)22-37/h5-9,11-16,19-32,52,54-56,65,67-68,75-86,88,90H,10,17-18,33H2,1-4H3. The van der Waals surface area contributed by atoms with Gasteiger partial charge in [0, 0.05) is 99.9 Å². The summed E-state index contributed by atoms with van der Waals surface area (Å²) in [6.07, 6.45) is 6.90. The molecule has 0 aromatic heterocycles. The number of ketones is 3. The number of rotatable bonds is 16. The van der Waals surface area contributed by atoms with Gasteiger partial charge in [0.15, 0.2) is 28.8 Å². The average molecular weight is 1280 g/mol. The molecule has 1 aliphatic heterocycles. The Morgan fingerprint density at radius 1 is 0.500 bits per heavy atom.